The van der Waals surface area contributed by atoms with E-state index in [9.17, 15) is 8.42 Å². The van der Waals surface area contributed by atoms with Crippen LogP contribution in [0, 0.1) is 6.92 Å². The van der Waals surface area contributed by atoms with Crippen molar-refractivity contribution >= 4 is 15.7 Å². The van der Waals surface area contributed by atoms with E-state index >= 15 is 0 Å². The van der Waals surface area contributed by atoms with E-state index in [1.165, 1.54) is 10.4 Å². The maximum absolute atomic E-state index is 12.5. The highest BCUT2D eigenvalue weighted by atomic mass is 32.2. The number of hydrogen-bond donors (Lipinski definition) is 1. The summed E-state index contributed by atoms with van der Waals surface area (Å²) in [5.74, 6) is 0. The molecule has 2 N–H and O–H groups in total. The Morgan fingerprint density at radius 1 is 1.28 bits per heavy atom. The summed E-state index contributed by atoms with van der Waals surface area (Å²) < 4.78 is 26.6. The normalized spacial score (nSPS) is 13.8. The third-order valence-electron chi connectivity index (χ3n) is 3.07. The quantitative estimate of drug-likeness (QED) is 0.836. The van der Waals surface area contributed by atoms with Crippen LogP contribution in [0.15, 0.2) is 23.1 Å². The van der Waals surface area contributed by atoms with Crippen LogP contribution in [-0.4, -0.2) is 25.3 Å². The average Bonchev–Trinajstić information content (AvgIpc) is 2.28. The zero-order valence-corrected chi connectivity index (χ0v) is 12.3. The Labute approximate surface area is 110 Å². The van der Waals surface area contributed by atoms with Crippen molar-refractivity contribution in [1.29, 1.82) is 0 Å². The minimum absolute atomic E-state index is 0.0123. The molecule has 0 aliphatic heterocycles. The first kappa shape index (κ1) is 15.0. The lowest BCUT2D eigenvalue weighted by atomic mass is 10.2. The van der Waals surface area contributed by atoms with E-state index < -0.39 is 10.0 Å². The second kappa shape index (κ2) is 5.71. The standard InChI is InChI=1S/C13H22N2O2S/c1-5-11(4)15(6-2)18(16,17)13-8-10(3)7-12(14)9-13/h7-9,11H,5-6,14H2,1-4H3. The predicted molar refractivity (Wildman–Crippen MR) is 74.9 cm³/mol. The molecule has 1 unspecified atom stereocenters. The molecule has 0 heterocycles. The Bertz CT molecular complexity index is 491. The van der Waals surface area contributed by atoms with Crippen LogP contribution in [0.1, 0.15) is 32.8 Å². The van der Waals surface area contributed by atoms with E-state index in [4.69, 9.17) is 5.73 Å². The van der Waals surface area contributed by atoms with Gasteiger partial charge in [-0.25, -0.2) is 8.42 Å². The van der Waals surface area contributed by atoms with Crippen LogP contribution in [0.5, 0.6) is 0 Å². The Kier molecular flexibility index (Phi) is 4.76. The third kappa shape index (κ3) is 3.03. The molecule has 1 aromatic rings. The smallest absolute Gasteiger partial charge is 0.243 e. The molecular formula is C13H22N2O2S. The Morgan fingerprint density at radius 2 is 1.89 bits per heavy atom. The van der Waals surface area contributed by atoms with Gasteiger partial charge in [-0.2, -0.15) is 4.31 Å². The minimum atomic E-state index is -3.45. The lowest BCUT2D eigenvalue weighted by Gasteiger charge is -2.26. The molecule has 0 aromatic heterocycles. The Morgan fingerprint density at radius 3 is 2.33 bits per heavy atom. The molecule has 0 saturated heterocycles. The van der Waals surface area contributed by atoms with Crippen molar-refractivity contribution in [1.82, 2.24) is 4.31 Å². The van der Waals surface area contributed by atoms with Crippen LogP contribution in [0.3, 0.4) is 0 Å². The maximum atomic E-state index is 12.5. The molecule has 18 heavy (non-hydrogen) atoms. The number of sulfonamides is 1. The lowest BCUT2D eigenvalue weighted by Crippen LogP contribution is -2.38. The Hall–Kier alpha value is -1.07. The second-order valence-corrected chi connectivity index (χ2v) is 6.44. The highest BCUT2D eigenvalue weighted by Gasteiger charge is 2.27. The van der Waals surface area contributed by atoms with Crippen LogP contribution in [0.4, 0.5) is 5.69 Å². The summed E-state index contributed by atoms with van der Waals surface area (Å²) in [7, 11) is -3.45. The minimum Gasteiger partial charge on any atom is -0.399 e. The number of rotatable bonds is 5. The summed E-state index contributed by atoms with van der Waals surface area (Å²) >= 11 is 0. The van der Waals surface area contributed by atoms with E-state index in [-0.39, 0.29) is 10.9 Å². The molecule has 1 rings (SSSR count). The number of aryl methyl sites for hydroxylation is 1. The molecule has 0 fully saturated rings. The molecular weight excluding hydrogens is 248 g/mol. The van der Waals surface area contributed by atoms with Crippen molar-refractivity contribution in [2.45, 2.75) is 45.1 Å². The van der Waals surface area contributed by atoms with Gasteiger partial charge in [-0.1, -0.05) is 13.8 Å². The van der Waals surface area contributed by atoms with Gasteiger partial charge in [0.1, 0.15) is 0 Å². The fourth-order valence-corrected chi connectivity index (χ4v) is 3.84. The molecule has 102 valence electrons. The zero-order valence-electron chi connectivity index (χ0n) is 11.5. The number of hydrogen-bond acceptors (Lipinski definition) is 3. The van der Waals surface area contributed by atoms with E-state index in [0.717, 1.165) is 12.0 Å². The van der Waals surface area contributed by atoms with Gasteiger partial charge >= 0.3 is 0 Å². The first-order valence-corrected chi connectivity index (χ1v) is 7.66. The summed E-state index contributed by atoms with van der Waals surface area (Å²) in [6.07, 6.45) is 0.786. The zero-order chi connectivity index (χ0) is 13.9. The molecule has 0 aliphatic rings. The van der Waals surface area contributed by atoms with Crippen molar-refractivity contribution < 1.29 is 8.42 Å². The van der Waals surface area contributed by atoms with E-state index in [0.29, 0.717) is 12.2 Å². The predicted octanol–water partition coefficient (Wildman–Crippen LogP) is 2.39. The van der Waals surface area contributed by atoms with Crippen LogP contribution in [0.2, 0.25) is 0 Å². The van der Waals surface area contributed by atoms with Gasteiger partial charge in [0.05, 0.1) is 4.90 Å². The molecule has 5 heteroatoms. The molecule has 0 aliphatic carbocycles. The Balaban J connectivity index is 3.27. The van der Waals surface area contributed by atoms with Crippen molar-refractivity contribution in [3.05, 3.63) is 23.8 Å². The molecule has 0 saturated carbocycles. The second-order valence-electron chi connectivity index (χ2n) is 4.55. The molecule has 0 amide bonds. The fourth-order valence-electron chi connectivity index (χ4n) is 1.98. The highest BCUT2D eigenvalue weighted by molar-refractivity contribution is 7.89. The van der Waals surface area contributed by atoms with Crippen molar-refractivity contribution in [2.75, 3.05) is 12.3 Å². The molecule has 0 radical (unpaired) electrons. The van der Waals surface area contributed by atoms with Crippen LogP contribution >= 0.6 is 0 Å². The molecule has 0 bridgehead atoms. The molecule has 4 nitrogen and oxygen atoms in total. The van der Waals surface area contributed by atoms with Gasteiger partial charge in [0, 0.05) is 18.3 Å². The molecule has 1 aromatic carbocycles. The van der Waals surface area contributed by atoms with Crippen molar-refractivity contribution in [3.8, 4) is 0 Å². The number of anilines is 1. The number of nitrogen functional groups attached to an aromatic ring is 1. The first-order chi connectivity index (χ1) is 8.32. The van der Waals surface area contributed by atoms with Crippen molar-refractivity contribution in [2.24, 2.45) is 0 Å². The maximum Gasteiger partial charge on any atom is 0.243 e. The average molecular weight is 270 g/mol. The monoisotopic (exact) mass is 270 g/mol. The number of benzene rings is 1. The van der Waals surface area contributed by atoms with E-state index in [1.54, 1.807) is 12.1 Å². The number of nitrogens with zero attached hydrogens (tertiary/aromatic N) is 1. The first-order valence-electron chi connectivity index (χ1n) is 6.21. The van der Waals surface area contributed by atoms with Crippen molar-refractivity contribution in [3.63, 3.8) is 0 Å². The summed E-state index contributed by atoms with van der Waals surface area (Å²) in [4.78, 5) is 0.280. The number of nitrogens with two attached hydrogens (primary N) is 1. The van der Waals surface area contributed by atoms with Gasteiger partial charge < -0.3 is 5.73 Å². The highest BCUT2D eigenvalue weighted by Crippen LogP contribution is 2.22. The topological polar surface area (TPSA) is 63.4 Å². The summed E-state index contributed by atoms with van der Waals surface area (Å²) in [6.45, 7) is 8.05. The van der Waals surface area contributed by atoms with Gasteiger partial charge in [-0.3, -0.25) is 0 Å². The SMILES string of the molecule is CCC(C)N(CC)S(=O)(=O)c1cc(C)cc(N)c1. The summed E-state index contributed by atoms with van der Waals surface area (Å²) in [5.41, 5.74) is 7.06. The van der Waals surface area contributed by atoms with E-state index in [1.807, 2.05) is 27.7 Å². The largest absolute Gasteiger partial charge is 0.399 e. The van der Waals surface area contributed by atoms with Gasteiger partial charge in [0.25, 0.3) is 0 Å². The molecule has 1 atom stereocenters. The van der Waals surface area contributed by atoms with Gasteiger partial charge in [-0.05, 0) is 44.0 Å². The van der Waals surface area contributed by atoms with E-state index in [2.05, 4.69) is 0 Å². The van der Waals surface area contributed by atoms with Crippen LogP contribution in [0.25, 0.3) is 0 Å². The summed E-state index contributed by atoms with van der Waals surface area (Å²) in [6, 6.07) is 4.93. The van der Waals surface area contributed by atoms with Gasteiger partial charge in [0.2, 0.25) is 10.0 Å². The molecule has 0 spiro atoms. The van der Waals surface area contributed by atoms with Gasteiger partial charge in [0.15, 0.2) is 0 Å². The fraction of sp³-hybridized carbons (Fsp3) is 0.538. The third-order valence-corrected chi connectivity index (χ3v) is 5.14. The van der Waals surface area contributed by atoms with Gasteiger partial charge in [-0.15, -0.1) is 0 Å². The van der Waals surface area contributed by atoms with Crippen LogP contribution < -0.4 is 5.73 Å². The summed E-state index contributed by atoms with van der Waals surface area (Å²) in [5, 5.41) is 0. The lowest BCUT2D eigenvalue weighted by molar-refractivity contribution is 0.342. The van der Waals surface area contributed by atoms with Crippen LogP contribution in [-0.2, 0) is 10.0 Å².